The number of nitrogens with two attached hydrogens (primary N) is 1. The number of hydrogen-bond acceptors (Lipinski definition) is 7. The zero-order valence-electron chi connectivity index (χ0n) is 17.8. The number of nitrogens with one attached hydrogen (secondary N) is 1. The van der Waals surface area contributed by atoms with Gasteiger partial charge in [0.2, 0.25) is 5.91 Å². The third kappa shape index (κ3) is 6.78. The largest absolute Gasteiger partial charge is 0.496 e. The number of ether oxygens (including phenoxy) is 1. The molecular formula is C22H25N3O5S2. The molecule has 0 radical (unpaired) electrons. The molecule has 8 nitrogen and oxygen atoms in total. The lowest BCUT2D eigenvalue weighted by Crippen LogP contribution is -2.31. The van der Waals surface area contributed by atoms with E-state index in [0.717, 1.165) is 28.2 Å². The monoisotopic (exact) mass is 475 g/mol. The molecule has 0 bridgehead atoms. The van der Waals surface area contributed by atoms with Crippen molar-refractivity contribution in [2.45, 2.75) is 32.2 Å². The predicted molar refractivity (Wildman–Crippen MR) is 123 cm³/mol. The fourth-order valence-electron chi connectivity index (χ4n) is 3.16. The van der Waals surface area contributed by atoms with E-state index < -0.39 is 10.3 Å². The number of carbonyl (C=O) groups excluding carboxylic acids is 1. The molecule has 170 valence electrons. The van der Waals surface area contributed by atoms with Gasteiger partial charge in [0.1, 0.15) is 16.5 Å². The van der Waals surface area contributed by atoms with Crippen LogP contribution in [0.25, 0.3) is 0 Å². The highest BCUT2D eigenvalue weighted by Gasteiger charge is 2.20. The van der Waals surface area contributed by atoms with Crippen LogP contribution in [0.15, 0.2) is 53.9 Å². The van der Waals surface area contributed by atoms with E-state index in [1.807, 2.05) is 36.6 Å². The van der Waals surface area contributed by atoms with E-state index in [-0.39, 0.29) is 24.1 Å². The van der Waals surface area contributed by atoms with Gasteiger partial charge < -0.3 is 14.2 Å². The van der Waals surface area contributed by atoms with Crippen LogP contribution in [0, 0.1) is 0 Å². The third-order valence-electron chi connectivity index (χ3n) is 4.68. The Bertz CT molecular complexity index is 1160. The summed E-state index contributed by atoms with van der Waals surface area (Å²) in [5, 5.41) is 10.8. The van der Waals surface area contributed by atoms with Gasteiger partial charge in [-0.15, -0.1) is 11.3 Å². The highest BCUT2D eigenvalue weighted by atomic mass is 32.2. The quantitative estimate of drug-likeness (QED) is 0.465. The van der Waals surface area contributed by atoms with Gasteiger partial charge in [0.05, 0.1) is 25.3 Å². The standard InChI is InChI=1S/C22H25N3O5S2/c1-3-17-14-31-22(24-17)19(12-15-8-10-18(11-9-15)30-32(23,27)28)25-21(26)13-16-6-4-5-7-20(16)29-2/h4-11,14,19H,3,12-13H2,1-2H3,(H,25,26)(H2,23,27,28). The lowest BCUT2D eigenvalue weighted by Gasteiger charge is -2.18. The first kappa shape index (κ1) is 23.7. The summed E-state index contributed by atoms with van der Waals surface area (Å²) in [5.41, 5.74) is 2.64. The lowest BCUT2D eigenvalue weighted by atomic mass is 10.0. The topological polar surface area (TPSA) is 121 Å². The van der Waals surface area contributed by atoms with Crippen molar-refractivity contribution in [1.82, 2.24) is 10.3 Å². The van der Waals surface area contributed by atoms with Crippen molar-refractivity contribution in [1.29, 1.82) is 0 Å². The number of amides is 1. The fourth-order valence-corrected chi connectivity index (χ4v) is 4.50. The fraction of sp³-hybridized carbons (Fsp3) is 0.273. The summed E-state index contributed by atoms with van der Waals surface area (Å²) < 4.78 is 32.2. The molecule has 0 aliphatic rings. The van der Waals surface area contributed by atoms with E-state index in [2.05, 4.69) is 14.5 Å². The van der Waals surface area contributed by atoms with Crippen molar-refractivity contribution in [3.63, 3.8) is 0 Å². The minimum absolute atomic E-state index is 0.121. The average Bonchev–Trinajstić information content (AvgIpc) is 3.23. The molecule has 3 aromatic rings. The number of aryl methyl sites for hydroxylation is 1. The number of nitrogens with zero attached hydrogens (tertiary/aromatic N) is 1. The first-order valence-electron chi connectivity index (χ1n) is 9.94. The molecule has 0 saturated carbocycles. The van der Waals surface area contributed by atoms with Gasteiger partial charge >= 0.3 is 10.3 Å². The molecule has 0 fully saturated rings. The number of para-hydroxylation sites is 1. The summed E-state index contributed by atoms with van der Waals surface area (Å²) in [4.78, 5) is 17.5. The van der Waals surface area contributed by atoms with Crippen LogP contribution >= 0.6 is 11.3 Å². The van der Waals surface area contributed by atoms with E-state index in [1.54, 1.807) is 19.2 Å². The molecular weight excluding hydrogens is 450 g/mol. The summed E-state index contributed by atoms with van der Waals surface area (Å²) in [6, 6.07) is 13.6. The first-order chi connectivity index (χ1) is 15.3. The molecule has 0 spiro atoms. The Morgan fingerprint density at radius 2 is 1.91 bits per heavy atom. The van der Waals surface area contributed by atoms with E-state index >= 15 is 0 Å². The third-order valence-corrected chi connectivity index (χ3v) is 6.12. The zero-order valence-corrected chi connectivity index (χ0v) is 19.4. The number of methoxy groups -OCH3 is 1. The Labute approximate surface area is 191 Å². The Balaban J connectivity index is 1.77. The molecule has 0 saturated heterocycles. The summed E-state index contributed by atoms with van der Waals surface area (Å²) in [6.07, 6.45) is 1.45. The highest BCUT2D eigenvalue weighted by molar-refractivity contribution is 7.84. The van der Waals surface area contributed by atoms with Gasteiger partial charge in [-0.3, -0.25) is 4.79 Å². The number of thiazole rings is 1. The van der Waals surface area contributed by atoms with Crippen LogP contribution in [0.4, 0.5) is 0 Å². The van der Waals surface area contributed by atoms with Crippen molar-refractivity contribution in [2.75, 3.05) is 7.11 Å². The van der Waals surface area contributed by atoms with Crippen molar-refractivity contribution >= 4 is 27.5 Å². The maximum atomic E-state index is 12.9. The van der Waals surface area contributed by atoms with Gasteiger partial charge in [0, 0.05) is 10.9 Å². The zero-order chi connectivity index (χ0) is 23.1. The molecule has 1 heterocycles. The minimum Gasteiger partial charge on any atom is -0.496 e. The van der Waals surface area contributed by atoms with Crippen molar-refractivity contribution in [3.8, 4) is 11.5 Å². The molecule has 3 N–H and O–H groups in total. The molecule has 3 rings (SSSR count). The van der Waals surface area contributed by atoms with E-state index in [0.29, 0.717) is 12.2 Å². The predicted octanol–water partition coefficient (Wildman–Crippen LogP) is 2.94. The Hall–Kier alpha value is -2.95. The van der Waals surface area contributed by atoms with Gasteiger partial charge in [-0.2, -0.15) is 13.6 Å². The van der Waals surface area contributed by atoms with Crippen LogP contribution in [-0.2, 0) is 34.4 Å². The normalized spacial score (nSPS) is 12.2. The second-order valence-corrected chi connectivity index (χ2v) is 9.11. The Kier molecular flexibility index (Phi) is 7.84. The second kappa shape index (κ2) is 10.6. The van der Waals surface area contributed by atoms with Gasteiger partial charge in [0.25, 0.3) is 0 Å². The summed E-state index contributed by atoms with van der Waals surface area (Å²) in [6.45, 7) is 2.03. The number of hydrogen-bond donors (Lipinski definition) is 2. The van der Waals surface area contributed by atoms with Crippen LogP contribution in [0.2, 0.25) is 0 Å². The van der Waals surface area contributed by atoms with E-state index in [4.69, 9.17) is 9.88 Å². The van der Waals surface area contributed by atoms with Gasteiger partial charge in [-0.05, 0) is 36.6 Å². The van der Waals surface area contributed by atoms with Gasteiger partial charge in [-0.1, -0.05) is 37.3 Å². The first-order valence-corrected chi connectivity index (χ1v) is 12.3. The maximum Gasteiger partial charge on any atom is 0.380 e. The number of aromatic nitrogens is 1. The van der Waals surface area contributed by atoms with Gasteiger partial charge in [0.15, 0.2) is 0 Å². The van der Waals surface area contributed by atoms with Crippen molar-refractivity contribution < 1.29 is 22.1 Å². The number of carbonyl (C=O) groups is 1. The summed E-state index contributed by atoms with van der Waals surface area (Å²) in [5.74, 6) is 0.629. The molecule has 1 amide bonds. The molecule has 1 atom stereocenters. The van der Waals surface area contributed by atoms with E-state index in [9.17, 15) is 13.2 Å². The van der Waals surface area contributed by atoms with Crippen molar-refractivity contribution in [2.24, 2.45) is 5.14 Å². The van der Waals surface area contributed by atoms with Crippen molar-refractivity contribution in [3.05, 3.63) is 75.7 Å². The molecule has 2 aromatic carbocycles. The highest BCUT2D eigenvalue weighted by Crippen LogP contribution is 2.25. The minimum atomic E-state index is -4.08. The number of benzene rings is 2. The molecule has 32 heavy (non-hydrogen) atoms. The molecule has 0 aliphatic carbocycles. The molecule has 1 aromatic heterocycles. The van der Waals surface area contributed by atoms with Crippen LogP contribution < -0.4 is 19.4 Å². The second-order valence-electron chi connectivity index (χ2n) is 7.06. The maximum absolute atomic E-state index is 12.9. The Morgan fingerprint density at radius 3 is 2.53 bits per heavy atom. The van der Waals surface area contributed by atoms with Crippen LogP contribution in [0.3, 0.4) is 0 Å². The molecule has 1 unspecified atom stereocenters. The molecule has 10 heteroatoms. The van der Waals surface area contributed by atoms with Crippen LogP contribution in [0.1, 0.15) is 34.8 Å². The average molecular weight is 476 g/mol. The van der Waals surface area contributed by atoms with Crippen LogP contribution in [-0.4, -0.2) is 26.4 Å². The van der Waals surface area contributed by atoms with Crippen LogP contribution in [0.5, 0.6) is 11.5 Å². The lowest BCUT2D eigenvalue weighted by molar-refractivity contribution is -0.121. The smallest absolute Gasteiger partial charge is 0.380 e. The molecule has 0 aliphatic heterocycles. The number of rotatable bonds is 10. The van der Waals surface area contributed by atoms with Gasteiger partial charge in [-0.25, -0.2) is 4.98 Å². The van der Waals surface area contributed by atoms with E-state index in [1.165, 1.54) is 23.5 Å². The Morgan fingerprint density at radius 1 is 1.19 bits per heavy atom. The summed E-state index contributed by atoms with van der Waals surface area (Å²) in [7, 11) is -2.51. The SMILES string of the molecule is CCc1csc(C(Cc2ccc(OS(N)(=O)=O)cc2)NC(=O)Cc2ccccc2OC)n1. The summed E-state index contributed by atoms with van der Waals surface area (Å²) >= 11 is 1.50.